The van der Waals surface area contributed by atoms with Gasteiger partial charge in [-0.1, -0.05) is 41.5 Å². The van der Waals surface area contributed by atoms with Gasteiger partial charge in [0.1, 0.15) is 5.75 Å². The number of carbonyl (C=O) groups is 1. The fourth-order valence-corrected chi connectivity index (χ4v) is 2.54. The summed E-state index contributed by atoms with van der Waals surface area (Å²) < 4.78 is 5.29. The summed E-state index contributed by atoms with van der Waals surface area (Å²) in [5.41, 5.74) is 4.42. The van der Waals surface area contributed by atoms with E-state index in [0.717, 1.165) is 24.8 Å². The van der Waals surface area contributed by atoms with E-state index in [1.807, 2.05) is 25.1 Å². The normalized spacial score (nSPS) is 10.5. The number of hydrogen-bond acceptors (Lipinski definition) is 2. The molecule has 0 bridgehead atoms. The molecule has 0 fully saturated rings. The maximum absolute atomic E-state index is 12.4. The molecule has 0 spiro atoms. The predicted molar refractivity (Wildman–Crippen MR) is 90.8 cm³/mol. The number of unbranched alkanes of at least 4 members (excludes halogenated alkanes) is 1. The molecule has 0 N–H and O–H groups in total. The summed E-state index contributed by atoms with van der Waals surface area (Å²) in [5.74, 6) is 0.846. The molecule has 2 nitrogen and oxygen atoms in total. The fourth-order valence-electron chi connectivity index (χ4n) is 2.54. The maximum Gasteiger partial charge on any atom is 0.166 e. The van der Waals surface area contributed by atoms with Gasteiger partial charge < -0.3 is 4.74 Å². The van der Waals surface area contributed by atoms with Gasteiger partial charge in [0.25, 0.3) is 0 Å². The van der Waals surface area contributed by atoms with Gasteiger partial charge in [0.15, 0.2) is 5.78 Å². The number of ketones is 1. The minimum absolute atomic E-state index is 0.171. The first-order valence-electron chi connectivity index (χ1n) is 7.83. The molecule has 116 valence electrons. The molecule has 0 aliphatic carbocycles. The number of methoxy groups -OCH3 is 1. The molecule has 0 saturated carbocycles. The second-order valence-corrected chi connectivity index (χ2v) is 5.82. The number of rotatable bonds is 7. The van der Waals surface area contributed by atoms with Crippen molar-refractivity contribution in [3.63, 3.8) is 0 Å². The average molecular weight is 296 g/mol. The lowest BCUT2D eigenvalue weighted by Crippen LogP contribution is -2.03. The molecule has 0 aromatic heterocycles. The summed E-state index contributed by atoms with van der Waals surface area (Å²) in [6.45, 7) is 4.09. The SMILES string of the molecule is COc1ccc(C)cc1C(=O)CCCCc1ccc(C)cc1. The molecule has 0 aliphatic heterocycles. The van der Waals surface area contributed by atoms with Crippen LogP contribution in [0.2, 0.25) is 0 Å². The van der Waals surface area contributed by atoms with E-state index in [4.69, 9.17) is 4.74 Å². The van der Waals surface area contributed by atoms with Gasteiger partial charge >= 0.3 is 0 Å². The topological polar surface area (TPSA) is 26.3 Å². The molecule has 0 unspecified atom stereocenters. The number of ether oxygens (including phenoxy) is 1. The van der Waals surface area contributed by atoms with E-state index in [2.05, 4.69) is 31.2 Å². The van der Waals surface area contributed by atoms with Crippen molar-refractivity contribution in [1.29, 1.82) is 0 Å². The van der Waals surface area contributed by atoms with Crippen LogP contribution < -0.4 is 4.74 Å². The fraction of sp³-hybridized carbons (Fsp3) is 0.350. The highest BCUT2D eigenvalue weighted by Gasteiger charge is 2.12. The lowest BCUT2D eigenvalue weighted by molar-refractivity contribution is 0.0976. The Morgan fingerprint density at radius 3 is 2.32 bits per heavy atom. The largest absolute Gasteiger partial charge is 0.496 e. The van der Waals surface area contributed by atoms with Gasteiger partial charge in [0, 0.05) is 6.42 Å². The van der Waals surface area contributed by atoms with Crippen molar-refractivity contribution in [1.82, 2.24) is 0 Å². The van der Waals surface area contributed by atoms with Crippen molar-refractivity contribution in [3.05, 3.63) is 64.7 Å². The van der Waals surface area contributed by atoms with E-state index in [1.165, 1.54) is 11.1 Å². The molecule has 0 saturated heterocycles. The molecule has 0 radical (unpaired) electrons. The Morgan fingerprint density at radius 2 is 1.64 bits per heavy atom. The van der Waals surface area contributed by atoms with E-state index in [0.29, 0.717) is 17.7 Å². The van der Waals surface area contributed by atoms with Crippen LogP contribution in [0.4, 0.5) is 0 Å². The van der Waals surface area contributed by atoms with Crippen LogP contribution in [-0.4, -0.2) is 12.9 Å². The smallest absolute Gasteiger partial charge is 0.166 e. The third-order valence-corrected chi connectivity index (χ3v) is 3.90. The van der Waals surface area contributed by atoms with Gasteiger partial charge in [-0.2, -0.15) is 0 Å². The van der Waals surface area contributed by atoms with E-state index >= 15 is 0 Å². The van der Waals surface area contributed by atoms with E-state index in [-0.39, 0.29) is 5.78 Å². The van der Waals surface area contributed by atoms with Crippen LogP contribution in [0, 0.1) is 13.8 Å². The number of carbonyl (C=O) groups excluding carboxylic acids is 1. The standard InChI is InChI=1S/C20H24O2/c1-15-8-11-17(12-9-15)6-4-5-7-19(21)18-14-16(2)10-13-20(18)22-3/h8-14H,4-7H2,1-3H3. The third kappa shape index (κ3) is 4.45. The lowest BCUT2D eigenvalue weighted by atomic mass is 10.0. The molecular weight excluding hydrogens is 272 g/mol. The summed E-state index contributed by atoms with van der Waals surface area (Å²) in [4.78, 5) is 12.4. The first-order chi connectivity index (χ1) is 10.6. The van der Waals surface area contributed by atoms with Gasteiger partial charge in [0.05, 0.1) is 12.7 Å². The van der Waals surface area contributed by atoms with Crippen molar-refractivity contribution in [2.45, 2.75) is 39.5 Å². The van der Waals surface area contributed by atoms with Crippen LogP contribution in [0.15, 0.2) is 42.5 Å². The van der Waals surface area contributed by atoms with Crippen molar-refractivity contribution in [2.24, 2.45) is 0 Å². The summed E-state index contributed by atoms with van der Waals surface area (Å²) in [6, 6.07) is 14.4. The maximum atomic E-state index is 12.4. The monoisotopic (exact) mass is 296 g/mol. The zero-order chi connectivity index (χ0) is 15.9. The van der Waals surface area contributed by atoms with Crippen LogP contribution in [0.5, 0.6) is 5.75 Å². The number of aryl methyl sites for hydroxylation is 3. The number of Topliss-reactive ketones (excluding diaryl/α,β-unsaturated/α-hetero) is 1. The number of benzene rings is 2. The summed E-state index contributed by atoms with van der Waals surface area (Å²) >= 11 is 0. The minimum atomic E-state index is 0.171. The van der Waals surface area contributed by atoms with Crippen molar-refractivity contribution < 1.29 is 9.53 Å². The lowest BCUT2D eigenvalue weighted by Gasteiger charge is -2.08. The Balaban J connectivity index is 1.85. The molecule has 0 amide bonds. The first-order valence-corrected chi connectivity index (χ1v) is 7.83. The average Bonchev–Trinajstić information content (AvgIpc) is 2.53. The Hall–Kier alpha value is -2.09. The van der Waals surface area contributed by atoms with E-state index in [1.54, 1.807) is 7.11 Å². The highest BCUT2D eigenvalue weighted by atomic mass is 16.5. The van der Waals surface area contributed by atoms with Gasteiger partial charge in [0.2, 0.25) is 0 Å². The van der Waals surface area contributed by atoms with Crippen LogP contribution in [0.3, 0.4) is 0 Å². The molecule has 2 aromatic rings. The summed E-state index contributed by atoms with van der Waals surface area (Å²) in [7, 11) is 1.61. The summed E-state index contributed by atoms with van der Waals surface area (Å²) in [5, 5.41) is 0. The second kappa shape index (κ2) is 7.79. The van der Waals surface area contributed by atoms with Gasteiger partial charge in [-0.15, -0.1) is 0 Å². The zero-order valence-corrected chi connectivity index (χ0v) is 13.7. The molecule has 0 atom stereocenters. The zero-order valence-electron chi connectivity index (χ0n) is 13.7. The molecule has 0 heterocycles. The Morgan fingerprint density at radius 1 is 0.955 bits per heavy atom. The highest BCUT2D eigenvalue weighted by molar-refractivity contribution is 5.98. The van der Waals surface area contributed by atoms with Gasteiger partial charge in [-0.3, -0.25) is 4.79 Å². The molecule has 2 heteroatoms. The van der Waals surface area contributed by atoms with Gasteiger partial charge in [-0.05, 0) is 50.8 Å². The van der Waals surface area contributed by atoms with E-state index in [9.17, 15) is 4.79 Å². The van der Waals surface area contributed by atoms with Crippen LogP contribution in [-0.2, 0) is 6.42 Å². The predicted octanol–water partition coefficient (Wildman–Crippen LogP) is 4.91. The molecule has 22 heavy (non-hydrogen) atoms. The van der Waals surface area contributed by atoms with Crippen molar-refractivity contribution in [3.8, 4) is 5.75 Å². The molecule has 2 aromatic carbocycles. The Kier molecular flexibility index (Phi) is 5.76. The minimum Gasteiger partial charge on any atom is -0.496 e. The van der Waals surface area contributed by atoms with Crippen LogP contribution in [0.25, 0.3) is 0 Å². The van der Waals surface area contributed by atoms with Crippen molar-refractivity contribution in [2.75, 3.05) is 7.11 Å². The van der Waals surface area contributed by atoms with E-state index < -0.39 is 0 Å². The Bertz CT molecular complexity index is 627. The second-order valence-electron chi connectivity index (χ2n) is 5.82. The molecule has 0 aliphatic rings. The van der Waals surface area contributed by atoms with Gasteiger partial charge in [-0.25, -0.2) is 0 Å². The van der Waals surface area contributed by atoms with Crippen LogP contribution in [0.1, 0.15) is 46.3 Å². The van der Waals surface area contributed by atoms with Crippen LogP contribution >= 0.6 is 0 Å². The first kappa shape index (κ1) is 16.3. The third-order valence-electron chi connectivity index (χ3n) is 3.90. The molecular formula is C20H24O2. The van der Waals surface area contributed by atoms with Crippen molar-refractivity contribution >= 4 is 5.78 Å². The Labute approximate surface area is 133 Å². The summed E-state index contributed by atoms with van der Waals surface area (Å²) in [6.07, 6.45) is 3.54. The molecule has 2 rings (SSSR count). The number of hydrogen-bond donors (Lipinski definition) is 0. The quantitative estimate of drug-likeness (QED) is 0.536. The highest BCUT2D eigenvalue weighted by Crippen LogP contribution is 2.22.